The van der Waals surface area contributed by atoms with Crippen molar-refractivity contribution >= 4 is 11.4 Å². The first-order chi connectivity index (χ1) is 6.77. The Morgan fingerprint density at radius 1 is 1.14 bits per heavy atom. The van der Waals surface area contributed by atoms with Gasteiger partial charge in [0.15, 0.2) is 5.71 Å². The molecule has 0 radical (unpaired) electrons. The molecule has 72 valence electrons. The summed E-state index contributed by atoms with van der Waals surface area (Å²) in [7, 11) is 0. The molecule has 14 heavy (non-hydrogen) atoms. The lowest BCUT2D eigenvalue weighted by Gasteiger charge is -2.12. The van der Waals surface area contributed by atoms with Gasteiger partial charge in [-0.3, -0.25) is 0 Å². The Morgan fingerprint density at radius 2 is 1.86 bits per heavy atom. The molecule has 0 bridgehead atoms. The number of benzene rings is 1. The van der Waals surface area contributed by atoms with Gasteiger partial charge in [-0.05, 0) is 6.92 Å². The highest BCUT2D eigenvalue weighted by Gasteiger charge is 2.17. The number of nitrogens with zero attached hydrogens (tertiary/aromatic N) is 1. The predicted octanol–water partition coefficient (Wildman–Crippen LogP) is 2.68. The van der Waals surface area contributed by atoms with Crippen LogP contribution in [0.4, 0.5) is 5.69 Å². The van der Waals surface area contributed by atoms with Crippen LogP contribution in [0.1, 0.15) is 13.8 Å². The Balaban J connectivity index is 2.41. The van der Waals surface area contributed by atoms with Crippen LogP contribution in [0.2, 0.25) is 0 Å². The quantitative estimate of drug-likeness (QED) is 0.617. The van der Waals surface area contributed by atoms with Crippen LogP contribution in [0.15, 0.2) is 42.2 Å². The van der Waals surface area contributed by atoms with E-state index in [9.17, 15) is 0 Å². The third-order valence-electron chi connectivity index (χ3n) is 2.33. The Labute approximate surface area is 84.1 Å². The highest BCUT2D eigenvalue weighted by atomic mass is 16.5. The predicted molar refractivity (Wildman–Crippen MR) is 56.8 cm³/mol. The number of rotatable bonds is 1. The molecule has 0 aliphatic carbocycles. The molecule has 0 aromatic heterocycles. The Kier molecular flexibility index (Phi) is 2.35. The third kappa shape index (κ3) is 1.69. The van der Waals surface area contributed by atoms with E-state index >= 15 is 0 Å². The molecule has 1 aliphatic heterocycles. The summed E-state index contributed by atoms with van der Waals surface area (Å²) in [4.78, 5) is 0. The average molecular weight is 188 g/mol. The summed E-state index contributed by atoms with van der Waals surface area (Å²) >= 11 is 0. The van der Waals surface area contributed by atoms with Crippen molar-refractivity contribution in [2.45, 2.75) is 13.8 Å². The van der Waals surface area contributed by atoms with E-state index in [1.165, 1.54) is 11.4 Å². The SMILES string of the molecule is CC1=CC(C)=[N+](c2ccccc2)CO1. The van der Waals surface area contributed by atoms with E-state index in [0.717, 1.165) is 5.76 Å². The van der Waals surface area contributed by atoms with Gasteiger partial charge in [-0.1, -0.05) is 18.2 Å². The molecule has 0 unspecified atom stereocenters. The van der Waals surface area contributed by atoms with Crippen LogP contribution >= 0.6 is 0 Å². The summed E-state index contributed by atoms with van der Waals surface area (Å²) in [6, 6.07) is 10.3. The Morgan fingerprint density at radius 3 is 2.50 bits per heavy atom. The molecular formula is C12H14NO+. The first-order valence-corrected chi connectivity index (χ1v) is 4.74. The maximum Gasteiger partial charge on any atom is 0.292 e. The van der Waals surface area contributed by atoms with Crippen LogP contribution in [0.25, 0.3) is 0 Å². The van der Waals surface area contributed by atoms with Gasteiger partial charge in [-0.15, -0.1) is 0 Å². The fraction of sp³-hybridized carbons (Fsp3) is 0.250. The molecule has 2 nitrogen and oxygen atoms in total. The van der Waals surface area contributed by atoms with Crippen molar-refractivity contribution < 1.29 is 9.31 Å². The molecule has 1 heterocycles. The minimum atomic E-state index is 0.609. The Bertz CT molecular complexity index is 390. The maximum absolute atomic E-state index is 5.48. The molecule has 0 spiro atoms. The van der Waals surface area contributed by atoms with E-state index in [1.807, 2.05) is 25.1 Å². The van der Waals surface area contributed by atoms with Gasteiger partial charge in [0.25, 0.3) is 6.73 Å². The van der Waals surface area contributed by atoms with Gasteiger partial charge in [0.2, 0.25) is 5.69 Å². The highest BCUT2D eigenvalue weighted by Crippen LogP contribution is 2.15. The van der Waals surface area contributed by atoms with Gasteiger partial charge >= 0.3 is 0 Å². The van der Waals surface area contributed by atoms with Crippen molar-refractivity contribution in [2.24, 2.45) is 0 Å². The molecule has 0 saturated carbocycles. The molecular weight excluding hydrogens is 174 g/mol. The first kappa shape index (κ1) is 9.00. The third-order valence-corrected chi connectivity index (χ3v) is 2.33. The molecule has 0 saturated heterocycles. The standard InChI is InChI=1S/C12H14NO/c1-10-8-11(2)14-9-13(10)12-6-4-3-5-7-12/h3-8H,9H2,1-2H3/q+1. The molecule has 2 rings (SSSR count). The van der Waals surface area contributed by atoms with Gasteiger partial charge in [0.1, 0.15) is 5.76 Å². The van der Waals surface area contributed by atoms with Crippen molar-refractivity contribution in [3.8, 4) is 0 Å². The summed E-state index contributed by atoms with van der Waals surface area (Å²) in [6.07, 6.45) is 2.05. The molecule has 2 heteroatoms. The van der Waals surface area contributed by atoms with Crippen molar-refractivity contribution in [1.82, 2.24) is 0 Å². The number of hydrogen-bond acceptors (Lipinski definition) is 1. The van der Waals surface area contributed by atoms with Crippen molar-refractivity contribution in [3.63, 3.8) is 0 Å². The Hall–Kier alpha value is -1.57. The minimum Gasteiger partial charge on any atom is -0.440 e. The van der Waals surface area contributed by atoms with Crippen molar-refractivity contribution in [3.05, 3.63) is 42.2 Å². The molecule has 0 amide bonds. The summed E-state index contributed by atoms with van der Waals surface area (Å²) in [5.74, 6) is 0.981. The molecule has 1 aliphatic rings. The number of allylic oxidation sites excluding steroid dienone is 2. The summed E-state index contributed by atoms with van der Waals surface area (Å²) < 4.78 is 7.63. The zero-order chi connectivity index (χ0) is 9.97. The molecule has 0 fully saturated rings. The van der Waals surface area contributed by atoms with E-state index < -0.39 is 0 Å². The van der Waals surface area contributed by atoms with Crippen LogP contribution in [0, 0.1) is 0 Å². The van der Waals surface area contributed by atoms with Crippen molar-refractivity contribution in [1.29, 1.82) is 0 Å². The zero-order valence-corrected chi connectivity index (χ0v) is 8.53. The lowest BCUT2D eigenvalue weighted by atomic mass is 10.2. The molecule has 0 N–H and O–H groups in total. The topological polar surface area (TPSA) is 12.2 Å². The summed E-state index contributed by atoms with van der Waals surface area (Å²) in [5, 5.41) is 0. The second-order valence-corrected chi connectivity index (χ2v) is 3.43. The second-order valence-electron chi connectivity index (χ2n) is 3.43. The van der Waals surface area contributed by atoms with Crippen LogP contribution < -0.4 is 0 Å². The summed E-state index contributed by atoms with van der Waals surface area (Å²) in [5.41, 5.74) is 2.40. The molecule has 1 aromatic carbocycles. The van der Waals surface area contributed by atoms with E-state index in [-0.39, 0.29) is 0 Å². The summed E-state index contributed by atoms with van der Waals surface area (Å²) in [6.45, 7) is 4.68. The zero-order valence-electron chi connectivity index (χ0n) is 8.53. The number of hydrogen-bond donors (Lipinski definition) is 0. The van der Waals surface area contributed by atoms with Crippen LogP contribution in [0.5, 0.6) is 0 Å². The van der Waals surface area contributed by atoms with E-state index in [4.69, 9.17) is 4.74 Å². The monoisotopic (exact) mass is 188 g/mol. The number of ether oxygens (including phenoxy) is 1. The fourth-order valence-corrected chi connectivity index (χ4v) is 1.57. The van der Waals surface area contributed by atoms with Crippen LogP contribution in [0.3, 0.4) is 0 Å². The van der Waals surface area contributed by atoms with E-state index in [2.05, 4.69) is 29.7 Å². The largest absolute Gasteiger partial charge is 0.440 e. The smallest absolute Gasteiger partial charge is 0.292 e. The average Bonchev–Trinajstić information content (AvgIpc) is 2.19. The van der Waals surface area contributed by atoms with Crippen molar-refractivity contribution in [2.75, 3.05) is 6.73 Å². The van der Waals surface area contributed by atoms with Gasteiger partial charge < -0.3 is 4.74 Å². The second kappa shape index (κ2) is 3.66. The lowest BCUT2D eigenvalue weighted by molar-refractivity contribution is -0.489. The van der Waals surface area contributed by atoms with E-state index in [1.54, 1.807) is 0 Å². The first-order valence-electron chi connectivity index (χ1n) is 4.74. The highest BCUT2D eigenvalue weighted by molar-refractivity contribution is 5.89. The molecule has 0 atom stereocenters. The maximum atomic E-state index is 5.48. The normalized spacial score (nSPS) is 16.3. The van der Waals surface area contributed by atoms with Crippen LogP contribution in [-0.2, 0) is 4.74 Å². The molecule has 1 aromatic rings. The lowest BCUT2D eigenvalue weighted by Crippen LogP contribution is -2.20. The van der Waals surface area contributed by atoms with Gasteiger partial charge in [0, 0.05) is 25.1 Å². The number of para-hydroxylation sites is 1. The minimum absolute atomic E-state index is 0.609. The van der Waals surface area contributed by atoms with Crippen LogP contribution in [-0.4, -0.2) is 17.0 Å². The van der Waals surface area contributed by atoms with E-state index in [0.29, 0.717) is 6.73 Å². The van der Waals surface area contributed by atoms with Gasteiger partial charge in [-0.25, -0.2) is 0 Å². The fourth-order valence-electron chi connectivity index (χ4n) is 1.57. The van der Waals surface area contributed by atoms with Gasteiger partial charge in [-0.2, -0.15) is 4.58 Å². The van der Waals surface area contributed by atoms with Gasteiger partial charge in [0.05, 0.1) is 0 Å².